The summed E-state index contributed by atoms with van der Waals surface area (Å²) in [6.07, 6.45) is 3.82. The first-order chi connectivity index (χ1) is 12.6. The topological polar surface area (TPSA) is 66.7 Å². The highest BCUT2D eigenvalue weighted by Crippen LogP contribution is 2.28. The van der Waals surface area contributed by atoms with Gasteiger partial charge in [0.2, 0.25) is 11.7 Å². The van der Waals surface area contributed by atoms with Crippen LogP contribution in [0.1, 0.15) is 47.1 Å². The number of hydrogen-bond acceptors (Lipinski definition) is 4. The molecule has 2 heterocycles. The van der Waals surface area contributed by atoms with E-state index in [0.29, 0.717) is 12.3 Å². The number of aryl methyl sites for hydroxylation is 2. The molecule has 0 saturated carbocycles. The van der Waals surface area contributed by atoms with Gasteiger partial charge in [0.1, 0.15) is 6.54 Å². The predicted molar refractivity (Wildman–Crippen MR) is 97.2 cm³/mol. The van der Waals surface area contributed by atoms with Crippen LogP contribution in [0.3, 0.4) is 0 Å². The fourth-order valence-electron chi connectivity index (χ4n) is 4.01. The maximum Gasteiger partial charge on any atom is 0.293 e. The van der Waals surface area contributed by atoms with Crippen LogP contribution < -0.4 is 4.90 Å². The van der Waals surface area contributed by atoms with E-state index in [1.54, 1.807) is 9.80 Å². The number of nitrogens with zero attached hydrogens (tertiary/aromatic N) is 3. The molecule has 6 heteroatoms. The van der Waals surface area contributed by atoms with Gasteiger partial charge in [-0.2, -0.15) is 0 Å². The van der Waals surface area contributed by atoms with Crippen LogP contribution in [0.4, 0.5) is 5.69 Å². The van der Waals surface area contributed by atoms with Crippen molar-refractivity contribution in [3.8, 4) is 0 Å². The minimum Gasteiger partial charge on any atom is -0.350 e. The molecular formula is C20H23N3O3. The van der Waals surface area contributed by atoms with Crippen LogP contribution in [0.2, 0.25) is 0 Å². The number of aromatic nitrogens is 1. The average Bonchev–Trinajstić information content (AvgIpc) is 3.06. The predicted octanol–water partition coefficient (Wildman–Crippen LogP) is 2.74. The molecule has 0 spiro atoms. The third-order valence-corrected chi connectivity index (χ3v) is 5.34. The van der Waals surface area contributed by atoms with Crippen LogP contribution in [0, 0.1) is 6.92 Å². The van der Waals surface area contributed by atoms with Crippen molar-refractivity contribution in [2.45, 2.75) is 45.6 Å². The highest BCUT2D eigenvalue weighted by atomic mass is 16.5. The molecule has 1 saturated heterocycles. The summed E-state index contributed by atoms with van der Waals surface area (Å²) in [7, 11) is 0. The number of piperazine rings is 1. The summed E-state index contributed by atoms with van der Waals surface area (Å²) in [5.41, 5.74) is 3.80. The van der Waals surface area contributed by atoms with Crippen molar-refractivity contribution in [3.63, 3.8) is 0 Å². The number of rotatable bonds is 2. The Morgan fingerprint density at radius 3 is 2.77 bits per heavy atom. The fourth-order valence-corrected chi connectivity index (χ4v) is 4.01. The molecule has 2 aromatic rings. The van der Waals surface area contributed by atoms with Gasteiger partial charge in [0.05, 0.1) is 11.7 Å². The Morgan fingerprint density at radius 1 is 1.23 bits per heavy atom. The van der Waals surface area contributed by atoms with Crippen molar-refractivity contribution in [3.05, 3.63) is 46.8 Å². The van der Waals surface area contributed by atoms with Crippen molar-refractivity contribution in [2.24, 2.45) is 0 Å². The van der Waals surface area contributed by atoms with Crippen LogP contribution in [-0.4, -0.2) is 41.0 Å². The lowest BCUT2D eigenvalue weighted by atomic mass is 9.95. The fraction of sp³-hybridized carbons (Fsp3) is 0.450. The molecule has 2 aliphatic rings. The van der Waals surface area contributed by atoms with Gasteiger partial charge in [-0.1, -0.05) is 23.4 Å². The summed E-state index contributed by atoms with van der Waals surface area (Å²) in [5, 5.41) is 4.07. The van der Waals surface area contributed by atoms with Crippen LogP contribution >= 0.6 is 0 Å². The Hall–Kier alpha value is -2.63. The van der Waals surface area contributed by atoms with Gasteiger partial charge in [-0.15, -0.1) is 0 Å². The number of para-hydroxylation sites is 1. The lowest BCUT2D eigenvalue weighted by Gasteiger charge is -2.39. The van der Waals surface area contributed by atoms with Crippen molar-refractivity contribution < 1.29 is 14.1 Å². The molecule has 6 nitrogen and oxygen atoms in total. The molecule has 1 fully saturated rings. The van der Waals surface area contributed by atoms with Crippen molar-refractivity contribution in [1.29, 1.82) is 0 Å². The zero-order valence-corrected chi connectivity index (χ0v) is 15.2. The number of benzene rings is 1. The van der Waals surface area contributed by atoms with Crippen LogP contribution in [0.25, 0.3) is 0 Å². The third kappa shape index (κ3) is 2.79. The van der Waals surface area contributed by atoms with Gasteiger partial charge >= 0.3 is 0 Å². The average molecular weight is 353 g/mol. The highest BCUT2D eigenvalue weighted by Gasteiger charge is 2.36. The van der Waals surface area contributed by atoms with E-state index in [9.17, 15) is 9.59 Å². The number of fused-ring (bicyclic) bond motifs is 1. The zero-order valence-electron chi connectivity index (χ0n) is 15.2. The lowest BCUT2D eigenvalue weighted by molar-refractivity contribution is -0.121. The summed E-state index contributed by atoms with van der Waals surface area (Å²) >= 11 is 0. The molecule has 1 aromatic heterocycles. The number of hydrogen-bond donors (Lipinski definition) is 0. The van der Waals surface area contributed by atoms with E-state index in [-0.39, 0.29) is 24.4 Å². The van der Waals surface area contributed by atoms with Gasteiger partial charge < -0.3 is 14.3 Å². The number of amides is 2. The quantitative estimate of drug-likeness (QED) is 0.833. The molecule has 4 rings (SSSR count). The van der Waals surface area contributed by atoms with Crippen LogP contribution in [0.5, 0.6) is 0 Å². The van der Waals surface area contributed by atoms with Gasteiger partial charge in [0, 0.05) is 17.8 Å². The lowest BCUT2D eigenvalue weighted by Crippen LogP contribution is -2.57. The summed E-state index contributed by atoms with van der Waals surface area (Å²) < 4.78 is 5.37. The molecule has 1 atom stereocenters. The largest absolute Gasteiger partial charge is 0.350 e. The second-order valence-corrected chi connectivity index (χ2v) is 7.23. The van der Waals surface area contributed by atoms with Gasteiger partial charge in [-0.25, -0.2) is 0 Å². The maximum absolute atomic E-state index is 13.0. The first-order valence-electron chi connectivity index (χ1n) is 9.20. The van der Waals surface area contributed by atoms with Gasteiger partial charge in [0.25, 0.3) is 5.91 Å². The summed E-state index contributed by atoms with van der Waals surface area (Å²) in [6.45, 7) is 4.51. The Labute approximate surface area is 152 Å². The molecule has 1 aromatic carbocycles. The molecule has 0 N–H and O–H groups in total. The molecule has 1 aliphatic heterocycles. The van der Waals surface area contributed by atoms with Gasteiger partial charge in [0.15, 0.2) is 0 Å². The zero-order chi connectivity index (χ0) is 18.3. The van der Waals surface area contributed by atoms with Gasteiger partial charge in [-0.05, 0) is 51.2 Å². The van der Waals surface area contributed by atoms with E-state index >= 15 is 0 Å². The van der Waals surface area contributed by atoms with Crippen molar-refractivity contribution >= 4 is 17.5 Å². The molecule has 0 bridgehead atoms. The summed E-state index contributed by atoms with van der Waals surface area (Å²) in [5.74, 6) is 0.0362. The Balaban J connectivity index is 1.56. The second kappa shape index (κ2) is 6.59. The Bertz CT molecular complexity index is 858. The third-order valence-electron chi connectivity index (χ3n) is 5.34. The van der Waals surface area contributed by atoms with E-state index in [1.165, 1.54) is 0 Å². The molecule has 1 aliphatic carbocycles. The SMILES string of the molecule is Cc1ccccc1N1C(=O)CN(C(=O)c2onc3c2CCCC3)C[C@@H]1C. The maximum atomic E-state index is 13.0. The Kier molecular flexibility index (Phi) is 4.26. The first kappa shape index (κ1) is 16.8. The standard InChI is InChI=1S/C20H23N3O3/c1-13-7-3-6-10-17(13)23-14(2)11-22(12-18(23)24)20(25)19-15-8-4-5-9-16(15)21-26-19/h3,6-7,10,14H,4-5,8-9,11-12H2,1-2H3/t14-/m0/s1. The normalized spacial score (nSPS) is 20.2. The molecular weight excluding hydrogens is 330 g/mol. The molecule has 2 amide bonds. The second-order valence-electron chi connectivity index (χ2n) is 7.23. The van der Waals surface area contributed by atoms with E-state index < -0.39 is 0 Å². The van der Waals surface area contributed by atoms with Crippen LogP contribution in [0.15, 0.2) is 28.8 Å². The Morgan fingerprint density at radius 2 is 2.00 bits per heavy atom. The van der Waals surface area contributed by atoms with Gasteiger partial charge in [-0.3, -0.25) is 9.59 Å². The minimum atomic E-state index is -0.217. The van der Waals surface area contributed by atoms with E-state index in [0.717, 1.165) is 48.2 Å². The van der Waals surface area contributed by atoms with E-state index in [2.05, 4.69) is 5.16 Å². The van der Waals surface area contributed by atoms with Crippen molar-refractivity contribution in [2.75, 3.05) is 18.0 Å². The number of anilines is 1. The summed E-state index contributed by atoms with van der Waals surface area (Å²) in [4.78, 5) is 29.2. The number of carbonyl (C=O) groups is 2. The number of carbonyl (C=O) groups excluding carboxylic acids is 2. The molecule has 136 valence electrons. The molecule has 0 unspecified atom stereocenters. The molecule has 0 radical (unpaired) electrons. The summed E-state index contributed by atoms with van der Waals surface area (Å²) in [6, 6.07) is 7.74. The smallest absolute Gasteiger partial charge is 0.293 e. The van der Waals surface area contributed by atoms with Crippen molar-refractivity contribution in [1.82, 2.24) is 10.1 Å². The van der Waals surface area contributed by atoms with Crippen LogP contribution in [-0.2, 0) is 17.6 Å². The minimum absolute atomic E-state index is 0.0625. The monoisotopic (exact) mass is 353 g/mol. The van der Waals surface area contributed by atoms with E-state index in [4.69, 9.17) is 4.52 Å². The highest BCUT2D eigenvalue weighted by molar-refractivity contribution is 6.02. The molecule has 26 heavy (non-hydrogen) atoms. The van der Waals surface area contributed by atoms with E-state index in [1.807, 2.05) is 38.1 Å². The first-order valence-corrected chi connectivity index (χ1v) is 9.20.